The predicted molar refractivity (Wildman–Crippen MR) is 148 cm³/mol. The molecule has 4 saturated heterocycles. The lowest BCUT2D eigenvalue weighted by Crippen LogP contribution is -2.50. The molecule has 4 aromatic rings. The van der Waals surface area contributed by atoms with E-state index in [-0.39, 0.29) is 11.8 Å². The number of benzene rings is 2. The smallest absolute Gasteiger partial charge is 0.253 e. The van der Waals surface area contributed by atoms with Crippen LogP contribution < -0.4 is 9.80 Å². The zero-order chi connectivity index (χ0) is 28.9. The molecule has 0 radical (unpaired) electrons. The molecule has 10 heteroatoms. The molecule has 0 spiro atoms. The Morgan fingerprint density at radius 1 is 0.500 bits per heavy atom. The van der Waals surface area contributed by atoms with Crippen molar-refractivity contribution in [2.75, 3.05) is 9.80 Å². The fourth-order valence-corrected chi connectivity index (χ4v) is 7.42. The molecule has 2 aromatic carbocycles. The molecule has 10 nitrogen and oxygen atoms in total. The van der Waals surface area contributed by atoms with Crippen LogP contribution in [-0.4, -0.2) is 45.7 Å². The molecule has 4 fully saturated rings. The van der Waals surface area contributed by atoms with Gasteiger partial charge < -0.3 is 8.83 Å². The van der Waals surface area contributed by atoms with Crippen LogP contribution in [0.1, 0.15) is 34.7 Å². The van der Waals surface area contributed by atoms with Gasteiger partial charge in [-0.1, -0.05) is 36.4 Å². The van der Waals surface area contributed by atoms with E-state index in [1.165, 1.54) is 22.3 Å². The van der Waals surface area contributed by atoms with Gasteiger partial charge in [-0.15, -0.1) is 0 Å². The summed E-state index contributed by atoms with van der Waals surface area (Å²) in [5.41, 5.74) is 2.59. The van der Waals surface area contributed by atoms with Crippen molar-refractivity contribution in [1.29, 1.82) is 0 Å². The van der Waals surface area contributed by atoms with Crippen molar-refractivity contribution >= 4 is 35.0 Å². The summed E-state index contributed by atoms with van der Waals surface area (Å²) in [5.74, 6) is -2.46. The van der Waals surface area contributed by atoms with Gasteiger partial charge in [0.1, 0.15) is 23.6 Å². The largest absolute Gasteiger partial charge is 0.468 e. The van der Waals surface area contributed by atoms with E-state index in [9.17, 15) is 19.2 Å². The minimum Gasteiger partial charge on any atom is -0.468 e. The molecule has 42 heavy (non-hydrogen) atoms. The molecule has 210 valence electrons. The van der Waals surface area contributed by atoms with Crippen LogP contribution in [0.2, 0.25) is 0 Å². The SMILES string of the molecule is Cc1ccccc1N1C(=O)C2C(C1=O)N1C(c3ccco3)C3C(=O)N(c4ccccc4C)C(=O)C3N1C2c1ccco1. The Bertz CT molecular complexity index is 1640. The average Bonchev–Trinajstić information content (AvgIpc) is 3.81. The van der Waals surface area contributed by atoms with E-state index in [1.807, 2.05) is 38.1 Å². The van der Waals surface area contributed by atoms with Gasteiger partial charge in [-0.05, 0) is 61.4 Å². The Morgan fingerprint density at radius 2 is 0.905 bits per heavy atom. The number of fused-ring (bicyclic) bond motifs is 5. The van der Waals surface area contributed by atoms with E-state index in [2.05, 4.69) is 0 Å². The number of carbonyl (C=O) groups is 4. The molecule has 4 amide bonds. The first-order chi connectivity index (χ1) is 20.4. The molecular weight excluding hydrogens is 536 g/mol. The van der Waals surface area contributed by atoms with Crippen molar-refractivity contribution in [3.8, 4) is 0 Å². The molecule has 6 unspecified atom stereocenters. The van der Waals surface area contributed by atoms with Crippen molar-refractivity contribution in [1.82, 2.24) is 10.0 Å². The molecule has 4 aliphatic rings. The summed E-state index contributed by atoms with van der Waals surface area (Å²) in [6.45, 7) is 3.70. The van der Waals surface area contributed by atoms with Crippen LogP contribution in [0, 0.1) is 25.7 Å². The minimum atomic E-state index is -0.972. The third kappa shape index (κ3) is 3.10. The lowest BCUT2D eigenvalue weighted by atomic mass is 9.87. The Labute approximate surface area is 240 Å². The second-order valence-electron chi connectivity index (χ2n) is 11.2. The number of furan rings is 2. The van der Waals surface area contributed by atoms with E-state index in [0.717, 1.165) is 11.1 Å². The van der Waals surface area contributed by atoms with Crippen molar-refractivity contribution < 1.29 is 28.0 Å². The fourth-order valence-electron chi connectivity index (χ4n) is 7.42. The maximum atomic E-state index is 14.3. The summed E-state index contributed by atoms with van der Waals surface area (Å²) in [4.78, 5) is 59.7. The number of imide groups is 2. The summed E-state index contributed by atoms with van der Waals surface area (Å²) < 4.78 is 11.7. The van der Waals surface area contributed by atoms with Crippen LogP contribution in [0.25, 0.3) is 0 Å². The van der Waals surface area contributed by atoms with E-state index in [1.54, 1.807) is 58.5 Å². The van der Waals surface area contributed by atoms with Gasteiger partial charge in [-0.25, -0.2) is 19.8 Å². The summed E-state index contributed by atoms with van der Waals surface area (Å²) in [6, 6.07) is 17.9. The molecule has 0 aliphatic carbocycles. The standard InChI is InChI=1S/C32H26N4O6/c1-17-9-3-5-11-19(17)33-29(37)23-25(21-13-7-15-41-21)36-28-24(26(22-14-8-16-42-22)35(36)27(23)31(33)39)30(38)34(32(28)40)20-12-6-4-10-18(20)2/h3-16,23-28H,1-2H3. The van der Waals surface area contributed by atoms with Gasteiger partial charge in [-0.3, -0.25) is 19.2 Å². The average molecular weight is 563 g/mol. The third-order valence-electron chi connectivity index (χ3n) is 9.11. The van der Waals surface area contributed by atoms with E-state index < -0.39 is 47.8 Å². The number of para-hydroxylation sites is 2. The maximum Gasteiger partial charge on any atom is 0.253 e. The van der Waals surface area contributed by atoms with E-state index >= 15 is 0 Å². The zero-order valence-corrected chi connectivity index (χ0v) is 22.8. The summed E-state index contributed by atoms with van der Waals surface area (Å²) in [6.07, 6.45) is 3.01. The molecule has 0 bridgehead atoms. The molecule has 2 aromatic heterocycles. The number of amides is 4. The summed E-state index contributed by atoms with van der Waals surface area (Å²) in [5, 5.41) is 3.52. The molecule has 8 rings (SSSR count). The second kappa shape index (κ2) is 8.85. The number of hydrogen-bond donors (Lipinski definition) is 0. The highest BCUT2D eigenvalue weighted by Crippen LogP contribution is 2.60. The molecule has 0 saturated carbocycles. The van der Waals surface area contributed by atoms with Crippen molar-refractivity contribution in [3.05, 3.63) is 108 Å². The highest BCUT2D eigenvalue weighted by atomic mass is 16.3. The highest BCUT2D eigenvalue weighted by Gasteiger charge is 2.74. The number of nitrogens with zero attached hydrogens (tertiary/aromatic N) is 4. The van der Waals surface area contributed by atoms with E-state index in [0.29, 0.717) is 22.9 Å². The van der Waals surface area contributed by atoms with Gasteiger partial charge in [0.25, 0.3) is 11.8 Å². The number of rotatable bonds is 4. The third-order valence-corrected chi connectivity index (χ3v) is 9.11. The number of aryl methyl sites for hydroxylation is 2. The Morgan fingerprint density at radius 3 is 1.26 bits per heavy atom. The van der Waals surface area contributed by atoms with Crippen LogP contribution in [0.3, 0.4) is 0 Å². The van der Waals surface area contributed by atoms with Gasteiger partial charge in [0.05, 0.1) is 47.8 Å². The summed E-state index contributed by atoms with van der Waals surface area (Å²) in [7, 11) is 0. The number of carbonyl (C=O) groups excluding carboxylic acids is 4. The molecule has 6 heterocycles. The first-order valence-electron chi connectivity index (χ1n) is 13.9. The van der Waals surface area contributed by atoms with Crippen LogP contribution in [-0.2, 0) is 19.2 Å². The first-order valence-corrected chi connectivity index (χ1v) is 13.9. The van der Waals surface area contributed by atoms with Crippen LogP contribution in [0.4, 0.5) is 11.4 Å². The number of anilines is 2. The Hall–Kier alpha value is -4.80. The van der Waals surface area contributed by atoms with Crippen molar-refractivity contribution in [3.63, 3.8) is 0 Å². The molecule has 0 N–H and O–H groups in total. The monoisotopic (exact) mass is 562 g/mol. The zero-order valence-electron chi connectivity index (χ0n) is 22.8. The lowest BCUT2D eigenvalue weighted by molar-refractivity contribution is -0.136. The number of hydrazine groups is 1. The predicted octanol–water partition coefficient (Wildman–Crippen LogP) is 3.93. The van der Waals surface area contributed by atoms with Gasteiger partial charge in [0, 0.05) is 0 Å². The Balaban J connectivity index is 1.32. The van der Waals surface area contributed by atoms with Crippen molar-refractivity contribution in [2.24, 2.45) is 11.8 Å². The second-order valence-corrected chi connectivity index (χ2v) is 11.2. The summed E-state index contributed by atoms with van der Waals surface area (Å²) >= 11 is 0. The van der Waals surface area contributed by atoms with Crippen LogP contribution >= 0.6 is 0 Å². The van der Waals surface area contributed by atoms with Gasteiger partial charge >= 0.3 is 0 Å². The van der Waals surface area contributed by atoms with Crippen LogP contribution in [0.15, 0.2) is 94.2 Å². The first kappa shape index (κ1) is 25.0. The van der Waals surface area contributed by atoms with Crippen LogP contribution in [0.5, 0.6) is 0 Å². The van der Waals surface area contributed by atoms with Gasteiger partial charge in [-0.2, -0.15) is 0 Å². The molecule has 4 aliphatic heterocycles. The topological polar surface area (TPSA) is 108 Å². The van der Waals surface area contributed by atoms with Gasteiger partial charge in [0.2, 0.25) is 11.8 Å². The number of hydrogen-bond acceptors (Lipinski definition) is 8. The maximum absolute atomic E-state index is 14.3. The van der Waals surface area contributed by atoms with Crippen molar-refractivity contribution in [2.45, 2.75) is 38.0 Å². The molecular formula is C32H26N4O6. The molecule has 6 atom stereocenters. The Kier molecular flexibility index (Phi) is 5.26. The lowest BCUT2D eigenvalue weighted by Gasteiger charge is -2.34. The minimum absolute atomic E-state index is 0.377. The highest BCUT2D eigenvalue weighted by molar-refractivity contribution is 6.26. The van der Waals surface area contributed by atoms with Gasteiger partial charge in [0.15, 0.2) is 0 Å². The quantitative estimate of drug-likeness (QED) is 0.345. The fraction of sp³-hybridized carbons (Fsp3) is 0.250. The van der Waals surface area contributed by atoms with E-state index in [4.69, 9.17) is 8.83 Å². The normalized spacial score (nSPS) is 29.1.